The Morgan fingerprint density at radius 3 is 3.15 bits per heavy atom. The van der Waals surface area contributed by atoms with Crippen LogP contribution in [-0.4, -0.2) is 38.7 Å². The van der Waals surface area contributed by atoms with Gasteiger partial charge in [0.1, 0.15) is 11.6 Å². The van der Waals surface area contributed by atoms with E-state index in [1.54, 1.807) is 0 Å². The Bertz CT molecular complexity index is 942. The summed E-state index contributed by atoms with van der Waals surface area (Å²) in [6.07, 6.45) is 2.73. The molecular weight excluding hydrogens is 386 g/mol. The highest BCUT2D eigenvalue weighted by Gasteiger charge is 2.30. The highest BCUT2D eigenvalue weighted by molar-refractivity contribution is 8.07. The van der Waals surface area contributed by atoms with E-state index in [0.29, 0.717) is 12.8 Å². The van der Waals surface area contributed by atoms with Gasteiger partial charge in [-0.05, 0) is 24.6 Å². The fourth-order valence-electron chi connectivity index (χ4n) is 2.70. The zero-order valence-electron chi connectivity index (χ0n) is 13.5. The number of nitrogens with one attached hydrogen (secondary N) is 1. The first-order chi connectivity index (χ1) is 12.4. The Hall–Kier alpha value is -1.67. The minimum absolute atomic E-state index is 0.00647. The van der Waals surface area contributed by atoms with Crippen LogP contribution in [0.25, 0.3) is 11.0 Å². The Labute approximate surface area is 152 Å². The van der Waals surface area contributed by atoms with Crippen LogP contribution in [0.5, 0.6) is 0 Å². The van der Waals surface area contributed by atoms with Crippen molar-refractivity contribution >= 4 is 29.6 Å². The maximum absolute atomic E-state index is 14.0. The van der Waals surface area contributed by atoms with Crippen molar-refractivity contribution in [2.75, 3.05) is 13.2 Å². The average Bonchev–Trinajstić information content (AvgIpc) is 3.19. The lowest BCUT2D eigenvalue weighted by Gasteiger charge is -2.19. The van der Waals surface area contributed by atoms with Crippen LogP contribution in [-0.2, 0) is 25.6 Å². The minimum Gasteiger partial charge on any atom is -0.352 e. The highest BCUT2D eigenvalue weighted by atomic mass is 32.5. The molecule has 3 heterocycles. The van der Waals surface area contributed by atoms with Gasteiger partial charge in [-0.1, -0.05) is 0 Å². The number of aromatic amines is 1. The van der Waals surface area contributed by atoms with Gasteiger partial charge < -0.3 is 28.2 Å². The van der Waals surface area contributed by atoms with Gasteiger partial charge in [-0.15, -0.1) is 0 Å². The summed E-state index contributed by atoms with van der Waals surface area (Å²) < 4.78 is 31.5. The van der Waals surface area contributed by atoms with Gasteiger partial charge in [-0.25, -0.2) is 9.37 Å². The molecule has 0 radical (unpaired) electrons. The molecule has 26 heavy (non-hydrogen) atoms. The Balaban J connectivity index is 1.63. The number of halogens is 1. The maximum Gasteiger partial charge on any atom is 0.324 e. The number of H-pyrrole nitrogens is 1. The molecule has 0 aromatic carbocycles. The smallest absolute Gasteiger partial charge is 0.324 e. The number of nitrogens with zero attached hydrogens (tertiary/aromatic N) is 3. The molecule has 0 bridgehead atoms. The molecule has 1 aliphatic heterocycles. The van der Waals surface area contributed by atoms with Gasteiger partial charge in [0, 0.05) is 6.20 Å². The quantitative estimate of drug-likeness (QED) is 0.530. The van der Waals surface area contributed by atoms with Gasteiger partial charge in [0.2, 0.25) is 0 Å². The summed E-state index contributed by atoms with van der Waals surface area (Å²) in [6, 6.07) is 1.87. The first kappa shape index (κ1) is 19.1. The number of hydrogen-bond donors (Lipinski definition) is 2. The lowest BCUT2D eigenvalue weighted by molar-refractivity contribution is -0.0189. The molecule has 3 rings (SSSR count). The van der Waals surface area contributed by atoms with Crippen molar-refractivity contribution in [3.05, 3.63) is 28.7 Å². The molecule has 3 atom stereocenters. The van der Waals surface area contributed by atoms with Gasteiger partial charge >= 0.3 is 6.72 Å². The van der Waals surface area contributed by atoms with Crippen LogP contribution < -0.4 is 5.56 Å². The lowest BCUT2D eigenvalue weighted by Crippen LogP contribution is -2.17. The highest BCUT2D eigenvalue weighted by Crippen LogP contribution is 2.44. The summed E-state index contributed by atoms with van der Waals surface area (Å²) in [5.74, 6) is -0.672. The third-order valence-corrected chi connectivity index (χ3v) is 5.47. The van der Waals surface area contributed by atoms with Gasteiger partial charge in [-0.3, -0.25) is 4.79 Å². The van der Waals surface area contributed by atoms with Gasteiger partial charge in [0.05, 0.1) is 38.1 Å². The maximum atomic E-state index is 14.0. The molecule has 2 N–H and O–H groups in total. The van der Waals surface area contributed by atoms with Gasteiger partial charge in [0.25, 0.3) is 5.56 Å². The third-order valence-electron chi connectivity index (χ3n) is 3.86. The summed E-state index contributed by atoms with van der Waals surface area (Å²) in [4.78, 5) is 28.0. The standard InChI is InChI=1S/C14H16FN4O5PS/c15-10-6-19(13-12(10)14(20)18-8-17-13)11-3-2-9(24-11)7-23-25(21,26)22-5-1-4-16/h6,8-9,11H,1-3,5,7H2,(H,21,26)(H,17,18,20)/t9?,11-,25?/m1/s1. The molecule has 1 fully saturated rings. The fourth-order valence-corrected chi connectivity index (χ4v) is 3.86. The molecule has 2 aromatic heterocycles. The predicted octanol–water partition coefficient (Wildman–Crippen LogP) is 1.70. The zero-order valence-corrected chi connectivity index (χ0v) is 15.2. The van der Waals surface area contributed by atoms with E-state index >= 15 is 0 Å². The summed E-state index contributed by atoms with van der Waals surface area (Å²) in [6.45, 7) is -3.43. The van der Waals surface area contributed by atoms with Crippen LogP contribution in [0.2, 0.25) is 0 Å². The average molecular weight is 402 g/mol. The van der Waals surface area contributed by atoms with Crippen LogP contribution in [0.3, 0.4) is 0 Å². The topological polar surface area (TPSA) is 122 Å². The first-order valence-corrected chi connectivity index (χ1v) is 10.4. The minimum atomic E-state index is -3.43. The fraction of sp³-hybridized carbons (Fsp3) is 0.500. The zero-order chi connectivity index (χ0) is 18.7. The Morgan fingerprint density at radius 1 is 1.58 bits per heavy atom. The van der Waals surface area contributed by atoms with Crippen molar-refractivity contribution in [3.63, 3.8) is 0 Å². The number of hydrogen-bond acceptors (Lipinski definition) is 7. The van der Waals surface area contributed by atoms with E-state index < -0.39 is 24.3 Å². The largest absolute Gasteiger partial charge is 0.352 e. The van der Waals surface area contributed by atoms with Crippen LogP contribution in [0, 0.1) is 17.1 Å². The Kier molecular flexibility index (Phi) is 5.82. The summed E-state index contributed by atoms with van der Waals surface area (Å²) >= 11 is 4.85. The van der Waals surface area contributed by atoms with Crippen molar-refractivity contribution in [2.45, 2.75) is 31.6 Å². The molecule has 0 spiro atoms. The summed E-state index contributed by atoms with van der Waals surface area (Å²) in [5, 5.41) is 8.33. The number of ether oxygens (including phenoxy) is 1. The molecule has 0 saturated carbocycles. The van der Waals surface area contributed by atoms with E-state index in [1.807, 2.05) is 6.07 Å². The van der Waals surface area contributed by atoms with E-state index in [1.165, 1.54) is 17.1 Å². The van der Waals surface area contributed by atoms with E-state index in [0.717, 1.165) is 0 Å². The number of aromatic nitrogens is 3. The second kappa shape index (κ2) is 7.92. The predicted molar refractivity (Wildman–Crippen MR) is 92.1 cm³/mol. The van der Waals surface area contributed by atoms with E-state index in [4.69, 9.17) is 30.9 Å². The molecule has 1 aliphatic rings. The summed E-state index contributed by atoms with van der Waals surface area (Å²) in [5.41, 5.74) is -0.357. The van der Waals surface area contributed by atoms with Crippen molar-refractivity contribution in [1.82, 2.24) is 14.5 Å². The van der Waals surface area contributed by atoms with E-state index in [2.05, 4.69) is 9.97 Å². The molecule has 0 aliphatic carbocycles. The molecule has 1 saturated heterocycles. The first-order valence-electron chi connectivity index (χ1n) is 7.79. The molecule has 0 amide bonds. The Morgan fingerprint density at radius 2 is 2.38 bits per heavy atom. The second-order valence-electron chi connectivity index (χ2n) is 5.61. The molecular formula is C14H16FN4O5PS. The number of rotatable bonds is 7. The van der Waals surface area contributed by atoms with Crippen molar-refractivity contribution in [1.29, 1.82) is 5.26 Å². The molecule has 2 unspecified atom stereocenters. The van der Waals surface area contributed by atoms with Crippen LogP contribution in [0.1, 0.15) is 25.5 Å². The number of nitriles is 1. The SMILES string of the molecule is N#CCCOP(O)(=S)OCC1CC[C@H](n2cc(F)c3c(=O)[nH]cnc32)O1. The van der Waals surface area contributed by atoms with Gasteiger partial charge in [0.15, 0.2) is 11.5 Å². The second-order valence-corrected chi connectivity index (χ2v) is 8.45. The summed E-state index contributed by atoms with van der Waals surface area (Å²) in [7, 11) is 0. The van der Waals surface area contributed by atoms with E-state index in [9.17, 15) is 14.1 Å². The van der Waals surface area contributed by atoms with Crippen LogP contribution >= 0.6 is 6.72 Å². The molecule has 140 valence electrons. The van der Waals surface area contributed by atoms with Crippen LogP contribution in [0.15, 0.2) is 17.3 Å². The van der Waals surface area contributed by atoms with Crippen molar-refractivity contribution in [3.8, 4) is 6.07 Å². The van der Waals surface area contributed by atoms with Crippen LogP contribution in [0.4, 0.5) is 4.39 Å². The number of fused-ring (bicyclic) bond motifs is 1. The monoisotopic (exact) mass is 402 g/mol. The van der Waals surface area contributed by atoms with E-state index in [-0.39, 0.29) is 36.8 Å². The third kappa shape index (κ3) is 4.17. The molecule has 2 aromatic rings. The van der Waals surface area contributed by atoms with Crippen molar-refractivity contribution in [2.24, 2.45) is 0 Å². The molecule has 12 heteroatoms. The van der Waals surface area contributed by atoms with Crippen molar-refractivity contribution < 1.29 is 23.1 Å². The molecule has 9 nitrogen and oxygen atoms in total. The normalized spacial score (nSPS) is 22.3. The van der Waals surface area contributed by atoms with Gasteiger partial charge in [-0.2, -0.15) is 5.26 Å². The lowest BCUT2D eigenvalue weighted by atomic mass is 10.2.